The van der Waals surface area contributed by atoms with Gasteiger partial charge in [-0.05, 0) is 43.9 Å². The normalized spacial score (nSPS) is 16.8. The quantitative estimate of drug-likeness (QED) is 0.772. The van der Waals surface area contributed by atoms with E-state index >= 15 is 0 Å². The Bertz CT molecular complexity index is 611. The highest BCUT2D eigenvalue weighted by Gasteiger charge is 2.38. The van der Waals surface area contributed by atoms with Gasteiger partial charge in [0.15, 0.2) is 0 Å². The topological polar surface area (TPSA) is 95.7 Å². The summed E-state index contributed by atoms with van der Waals surface area (Å²) in [5, 5.41) is 12.9. The number of urea groups is 1. The summed E-state index contributed by atoms with van der Waals surface area (Å²) in [6.45, 7) is 7.47. The van der Waals surface area contributed by atoms with Crippen LogP contribution in [-0.2, 0) is 11.2 Å². The predicted molar refractivity (Wildman–Crippen MR) is 92.7 cm³/mol. The number of nitrogens with zero attached hydrogens (tertiary/aromatic N) is 1. The van der Waals surface area contributed by atoms with Crippen LogP contribution < -0.4 is 11.1 Å². The Morgan fingerprint density at radius 3 is 2.25 bits per heavy atom. The highest BCUT2D eigenvalue weighted by atomic mass is 16.3. The summed E-state index contributed by atoms with van der Waals surface area (Å²) in [6.07, 6.45) is 1.15. The Morgan fingerprint density at radius 2 is 1.75 bits per heavy atom. The second-order valence-electron chi connectivity index (χ2n) is 6.74. The van der Waals surface area contributed by atoms with Crippen molar-refractivity contribution in [2.45, 2.75) is 45.6 Å². The molecule has 0 saturated carbocycles. The molecule has 1 saturated heterocycles. The standard InChI is InChI=1S/C18H27N3O3/c1-12-10-13(2)15(14(3)11-12)4-7-20-17(23)21-8-5-18(24,6-9-21)16(19)22/h10-11,24H,4-9H2,1-3H3,(H2,19,22)(H,20,23). The van der Waals surface area contributed by atoms with Crippen molar-refractivity contribution in [3.8, 4) is 0 Å². The SMILES string of the molecule is Cc1cc(C)c(CCNC(=O)N2CCC(O)(C(N)=O)CC2)c(C)c1. The highest BCUT2D eigenvalue weighted by Crippen LogP contribution is 2.21. The van der Waals surface area contributed by atoms with E-state index in [2.05, 4.69) is 38.2 Å². The minimum atomic E-state index is -1.48. The lowest BCUT2D eigenvalue weighted by Crippen LogP contribution is -2.55. The smallest absolute Gasteiger partial charge is 0.317 e. The molecule has 132 valence electrons. The van der Waals surface area contributed by atoms with Crippen molar-refractivity contribution in [3.63, 3.8) is 0 Å². The average Bonchev–Trinajstić information content (AvgIpc) is 2.50. The molecule has 3 amide bonds. The van der Waals surface area contributed by atoms with E-state index in [0.29, 0.717) is 19.6 Å². The number of aliphatic hydroxyl groups is 1. The van der Waals surface area contributed by atoms with Crippen LogP contribution in [0, 0.1) is 20.8 Å². The molecule has 0 atom stereocenters. The van der Waals surface area contributed by atoms with Crippen LogP contribution in [0.1, 0.15) is 35.1 Å². The maximum Gasteiger partial charge on any atom is 0.317 e. The van der Waals surface area contributed by atoms with Gasteiger partial charge in [-0.15, -0.1) is 0 Å². The Morgan fingerprint density at radius 1 is 1.21 bits per heavy atom. The number of hydrogen-bond donors (Lipinski definition) is 3. The first kappa shape index (κ1) is 18.3. The Hall–Kier alpha value is -2.08. The van der Waals surface area contributed by atoms with Crippen molar-refractivity contribution in [2.75, 3.05) is 19.6 Å². The van der Waals surface area contributed by atoms with Crippen LogP contribution in [0.2, 0.25) is 0 Å². The van der Waals surface area contributed by atoms with Gasteiger partial charge in [-0.3, -0.25) is 4.79 Å². The number of hydrogen-bond acceptors (Lipinski definition) is 3. The molecule has 24 heavy (non-hydrogen) atoms. The third-order valence-electron chi connectivity index (χ3n) is 4.83. The van der Waals surface area contributed by atoms with Crippen LogP contribution in [0.15, 0.2) is 12.1 Å². The van der Waals surface area contributed by atoms with Crippen LogP contribution in [0.5, 0.6) is 0 Å². The number of aryl methyl sites for hydroxylation is 3. The molecule has 1 aromatic carbocycles. The minimum Gasteiger partial charge on any atom is -0.380 e. The van der Waals surface area contributed by atoms with Crippen molar-refractivity contribution in [1.29, 1.82) is 0 Å². The number of benzene rings is 1. The second kappa shape index (κ2) is 7.21. The number of primary amides is 1. The summed E-state index contributed by atoms with van der Waals surface area (Å²) in [4.78, 5) is 25.0. The van der Waals surface area contributed by atoms with Crippen molar-refractivity contribution in [1.82, 2.24) is 10.2 Å². The van der Waals surface area contributed by atoms with Gasteiger partial charge in [0.25, 0.3) is 0 Å². The first-order valence-electron chi connectivity index (χ1n) is 8.35. The van der Waals surface area contributed by atoms with Crippen LogP contribution in [0.25, 0.3) is 0 Å². The van der Waals surface area contributed by atoms with Gasteiger partial charge in [0.1, 0.15) is 5.60 Å². The van der Waals surface area contributed by atoms with Crippen molar-refractivity contribution in [3.05, 3.63) is 34.4 Å². The van der Waals surface area contributed by atoms with Crippen molar-refractivity contribution >= 4 is 11.9 Å². The van der Waals surface area contributed by atoms with Crippen molar-refractivity contribution in [2.24, 2.45) is 5.73 Å². The Kier molecular flexibility index (Phi) is 5.49. The third-order valence-corrected chi connectivity index (χ3v) is 4.83. The lowest BCUT2D eigenvalue weighted by atomic mass is 9.91. The summed E-state index contributed by atoms with van der Waals surface area (Å²) in [5.74, 6) is -0.715. The molecule has 1 aliphatic rings. The molecule has 0 aromatic heterocycles. The van der Waals surface area contributed by atoms with Gasteiger partial charge in [0.2, 0.25) is 5.91 Å². The highest BCUT2D eigenvalue weighted by molar-refractivity contribution is 5.83. The van der Waals surface area contributed by atoms with E-state index in [0.717, 1.165) is 6.42 Å². The first-order chi connectivity index (χ1) is 11.2. The summed E-state index contributed by atoms with van der Waals surface area (Å²) in [5.41, 5.74) is 8.71. The van der Waals surface area contributed by atoms with Gasteiger partial charge in [0.05, 0.1) is 0 Å². The number of likely N-dealkylation sites (tertiary alicyclic amines) is 1. The molecule has 1 heterocycles. The fourth-order valence-corrected chi connectivity index (χ4v) is 3.34. The van der Waals surface area contributed by atoms with E-state index in [1.54, 1.807) is 4.90 Å². The molecule has 0 bridgehead atoms. The van der Waals surface area contributed by atoms with Gasteiger partial charge in [-0.2, -0.15) is 0 Å². The third kappa shape index (κ3) is 4.06. The molecule has 0 unspecified atom stereocenters. The molecule has 2 rings (SSSR count). The first-order valence-corrected chi connectivity index (χ1v) is 8.35. The van der Waals surface area contributed by atoms with Gasteiger partial charge >= 0.3 is 6.03 Å². The number of rotatable bonds is 4. The predicted octanol–water partition coefficient (Wildman–Crippen LogP) is 1.18. The van der Waals surface area contributed by atoms with Crippen LogP contribution in [0.3, 0.4) is 0 Å². The molecule has 1 aliphatic heterocycles. The zero-order chi connectivity index (χ0) is 17.9. The van der Waals surface area contributed by atoms with E-state index in [1.807, 2.05) is 0 Å². The number of amides is 3. The number of nitrogens with two attached hydrogens (primary N) is 1. The number of carbonyl (C=O) groups is 2. The zero-order valence-electron chi connectivity index (χ0n) is 14.7. The molecule has 6 heteroatoms. The van der Waals surface area contributed by atoms with E-state index in [4.69, 9.17) is 5.73 Å². The lowest BCUT2D eigenvalue weighted by Gasteiger charge is -2.35. The molecular formula is C18H27N3O3. The van der Waals surface area contributed by atoms with Crippen LogP contribution in [0.4, 0.5) is 4.79 Å². The molecule has 6 nitrogen and oxygen atoms in total. The fourth-order valence-electron chi connectivity index (χ4n) is 3.34. The summed E-state index contributed by atoms with van der Waals surface area (Å²) in [6, 6.07) is 4.14. The molecular weight excluding hydrogens is 306 g/mol. The van der Waals surface area contributed by atoms with E-state index < -0.39 is 11.5 Å². The van der Waals surface area contributed by atoms with E-state index in [-0.39, 0.29) is 18.9 Å². The van der Waals surface area contributed by atoms with Crippen LogP contribution >= 0.6 is 0 Å². The van der Waals surface area contributed by atoms with Crippen molar-refractivity contribution < 1.29 is 14.7 Å². The van der Waals surface area contributed by atoms with Gasteiger partial charge in [-0.1, -0.05) is 17.7 Å². The fraction of sp³-hybridized carbons (Fsp3) is 0.556. The monoisotopic (exact) mass is 333 g/mol. The molecule has 0 radical (unpaired) electrons. The molecule has 1 fully saturated rings. The zero-order valence-corrected chi connectivity index (χ0v) is 14.7. The molecule has 0 spiro atoms. The molecule has 1 aromatic rings. The molecule has 0 aliphatic carbocycles. The Labute approximate surface area is 143 Å². The maximum atomic E-state index is 12.2. The summed E-state index contributed by atoms with van der Waals surface area (Å²) < 4.78 is 0. The number of carbonyl (C=O) groups excluding carboxylic acids is 2. The summed E-state index contributed by atoms with van der Waals surface area (Å²) >= 11 is 0. The second-order valence-corrected chi connectivity index (χ2v) is 6.74. The molecule has 4 N–H and O–H groups in total. The van der Waals surface area contributed by atoms with E-state index in [9.17, 15) is 14.7 Å². The van der Waals surface area contributed by atoms with Crippen LogP contribution in [-0.4, -0.2) is 47.2 Å². The maximum absolute atomic E-state index is 12.2. The summed E-state index contributed by atoms with van der Waals surface area (Å²) in [7, 11) is 0. The lowest BCUT2D eigenvalue weighted by molar-refractivity contribution is -0.140. The van der Waals surface area contributed by atoms with Gasteiger partial charge in [0, 0.05) is 32.5 Å². The largest absolute Gasteiger partial charge is 0.380 e. The van der Waals surface area contributed by atoms with E-state index in [1.165, 1.54) is 22.3 Å². The van der Waals surface area contributed by atoms with Gasteiger partial charge < -0.3 is 21.1 Å². The Balaban J connectivity index is 1.84. The number of nitrogens with one attached hydrogen (secondary N) is 1. The minimum absolute atomic E-state index is 0.163. The van der Waals surface area contributed by atoms with Gasteiger partial charge in [-0.25, -0.2) is 4.79 Å². The number of piperidine rings is 1. The average molecular weight is 333 g/mol.